The van der Waals surface area contributed by atoms with E-state index in [2.05, 4.69) is 0 Å². The van der Waals surface area contributed by atoms with E-state index >= 15 is 0 Å². The molecule has 1 heterocycles. The Morgan fingerprint density at radius 1 is 1.14 bits per heavy atom. The first kappa shape index (κ1) is 17.2. The average Bonchev–Trinajstić information content (AvgIpc) is 2.65. The Balaban J connectivity index is 2.78. The quantitative estimate of drug-likeness (QED) is 0.550. The number of esters is 2. The van der Waals surface area contributed by atoms with Gasteiger partial charge in [-0.25, -0.2) is 0 Å². The SMILES string of the molecule is CCOC(=O)C(/C=C/N1CCCCCC1=O)C(=O)OCC. The maximum absolute atomic E-state index is 11.9. The van der Waals surface area contributed by atoms with Crippen LogP contribution in [0.15, 0.2) is 12.3 Å². The van der Waals surface area contributed by atoms with Crippen LogP contribution in [0.4, 0.5) is 0 Å². The number of likely N-dealkylation sites (tertiary alicyclic amines) is 1. The summed E-state index contributed by atoms with van der Waals surface area (Å²) < 4.78 is 9.74. The fourth-order valence-corrected chi connectivity index (χ4v) is 2.07. The van der Waals surface area contributed by atoms with Gasteiger partial charge in [0, 0.05) is 19.2 Å². The Bertz CT molecular complexity index is 387. The molecule has 118 valence electrons. The summed E-state index contributed by atoms with van der Waals surface area (Å²) in [6.07, 6.45) is 6.19. The highest BCUT2D eigenvalue weighted by Gasteiger charge is 2.27. The summed E-state index contributed by atoms with van der Waals surface area (Å²) in [7, 11) is 0. The van der Waals surface area contributed by atoms with Gasteiger partial charge in [0.2, 0.25) is 5.91 Å². The summed E-state index contributed by atoms with van der Waals surface area (Å²) >= 11 is 0. The minimum atomic E-state index is -1.12. The van der Waals surface area contributed by atoms with Gasteiger partial charge in [0.05, 0.1) is 13.2 Å². The molecule has 0 N–H and O–H groups in total. The lowest BCUT2D eigenvalue weighted by Gasteiger charge is -2.16. The van der Waals surface area contributed by atoms with Crippen LogP contribution in [0.2, 0.25) is 0 Å². The molecule has 0 aromatic carbocycles. The van der Waals surface area contributed by atoms with E-state index in [1.807, 2.05) is 0 Å². The Morgan fingerprint density at radius 3 is 2.33 bits per heavy atom. The van der Waals surface area contributed by atoms with Crippen molar-refractivity contribution in [3.63, 3.8) is 0 Å². The first-order valence-corrected chi connectivity index (χ1v) is 7.41. The van der Waals surface area contributed by atoms with Gasteiger partial charge in [-0.3, -0.25) is 14.4 Å². The van der Waals surface area contributed by atoms with E-state index in [1.165, 1.54) is 12.3 Å². The minimum absolute atomic E-state index is 0.00946. The molecule has 1 amide bonds. The van der Waals surface area contributed by atoms with E-state index in [0.29, 0.717) is 13.0 Å². The molecule has 21 heavy (non-hydrogen) atoms. The molecule has 0 bridgehead atoms. The maximum Gasteiger partial charge on any atom is 0.324 e. The van der Waals surface area contributed by atoms with Crippen molar-refractivity contribution in [2.45, 2.75) is 39.5 Å². The number of amides is 1. The normalized spacial score (nSPS) is 16.1. The highest BCUT2D eigenvalue weighted by molar-refractivity contribution is 5.97. The van der Waals surface area contributed by atoms with E-state index in [4.69, 9.17) is 9.47 Å². The van der Waals surface area contributed by atoms with Crippen LogP contribution in [-0.2, 0) is 23.9 Å². The Kier molecular flexibility index (Phi) is 7.50. The third-order valence-electron chi connectivity index (χ3n) is 3.15. The van der Waals surface area contributed by atoms with Gasteiger partial charge in [-0.1, -0.05) is 6.42 Å². The van der Waals surface area contributed by atoms with Gasteiger partial charge < -0.3 is 14.4 Å². The van der Waals surface area contributed by atoms with Crippen molar-refractivity contribution < 1.29 is 23.9 Å². The molecule has 6 nitrogen and oxygen atoms in total. The monoisotopic (exact) mass is 297 g/mol. The van der Waals surface area contributed by atoms with Crippen LogP contribution in [-0.4, -0.2) is 42.5 Å². The topological polar surface area (TPSA) is 72.9 Å². The lowest BCUT2D eigenvalue weighted by molar-refractivity contribution is -0.159. The Labute approximate surface area is 125 Å². The lowest BCUT2D eigenvalue weighted by atomic mass is 10.1. The van der Waals surface area contributed by atoms with E-state index in [9.17, 15) is 14.4 Å². The van der Waals surface area contributed by atoms with E-state index < -0.39 is 17.9 Å². The summed E-state index contributed by atoms with van der Waals surface area (Å²) in [6, 6.07) is 0. The molecular formula is C15H23NO5. The van der Waals surface area contributed by atoms with Crippen LogP contribution in [0.3, 0.4) is 0 Å². The van der Waals surface area contributed by atoms with E-state index in [0.717, 1.165) is 19.3 Å². The van der Waals surface area contributed by atoms with Crippen molar-refractivity contribution in [3.8, 4) is 0 Å². The predicted molar refractivity (Wildman–Crippen MR) is 76.1 cm³/mol. The number of ether oxygens (including phenoxy) is 2. The smallest absolute Gasteiger partial charge is 0.324 e. The number of hydrogen-bond donors (Lipinski definition) is 0. The van der Waals surface area contributed by atoms with Crippen molar-refractivity contribution in [2.75, 3.05) is 19.8 Å². The largest absolute Gasteiger partial charge is 0.465 e. The number of nitrogens with zero attached hydrogens (tertiary/aromatic N) is 1. The summed E-state index contributed by atoms with van der Waals surface area (Å²) in [5, 5.41) is 0. The van der Waals surface area contributed by atoms with Crippen molar-refractivity contribution in [1.82, 2.24) is 4.90 Å². The van der Waals surface area contributed by atoms with Gasteiger partial charge in [0.15, 0.2) is 5.92 Å². The summed E-state index contributed by atoms with van der Waals surface area (Å²) in [4.78, 5) is 37.0. The molecular weight excluding hydrogens is 274 g/mol. The summed E-state index contributed by atoms with van der Waals surface area (Å²) in [6.45, 7) is 4.31. The average molecular weight is 297 g/mol. The summed E-state index contributed by atoms with van der Waals surface area (Å²) in [5.41, 5.74) is 0. The Hall–Kier alpha value is -1.85. The molecule has 1 aliphatic rings. The van der Waals surface area contributed by atoms with E-state index in [-0.39, 0.29) is 19.1 Å². The summed E-state index contributed by atoms with van der Waals surface area (Å²) in [5.74, 6) is -2.43. The fraction of sp³-hybridized carbons (Fsp3) is 0.667. The lowest BCUT2D eigenvalue weighted by Crippen LogP contribution is -2.29. The fourth-order valence-electron chi connectivity index (χ4n) is 2.07. The van der Waals surface area contributed by atoms with Crippen LogP contribution in [0, 0.1) is 5.92 Å². The molecule has 0 radical (unpaired) electrons. The molecule has 0 aromatic heterocycles. The van der Waals surface area contributed by atoms with Crippen LogP contribution >= 0.6 is 0 Å². The van der Waals surface area contributed by atoms with Gasteiger partial charge in [0.1, 0.15) is 0 Å². The van der Waals surface area contributed by atoms with Crippen molar-refractivity contribution in [1.29, 1.82) is 0 Å². The molecule has 0 aromatic rings. The highest BCUT2D eigenvalue weighted by Crippen LogP contribution is 2.13. The number of rotatable bonds is 6. The second-order valence-corrected chi connectivity index (χ2v) is 4.72. The van der Waals surface area contributed by atoms with Crippen LogP contribution in [0.5, 0.6) is 0 Å². The predicted octanol–water partition coefficient (Wildman–Crippen LogP) is 1.65. The van der Waals surface area contributed by atoms with Crippen molar-refractivity contribution in [3.05, 3.63) is 12.3 Å². The zero-order valence-corrected chi connectivity index (χ0v) is 12.7. The molecule has 1 fully saturated rings. The minimum Gasteiger partial charge on any atom is -0.465 e. The third kappa shape index (κ3) is 5.57. The standard InChI is InChI=1S/C15H23NO5/c1-3-20-14(18)12(15(19)21-4-2)9-11-16-10-7-5-6-8-13(16)17/h9,11-12H,3-8,10H2,1-2H3/b11-9+. The van der Waals surface area contributed by atoms with Gasteiger partial charge in [-0.2, -0.15) is 0 Å². The molecule has 0 spiro atoms. The number of carbonyl (C=O) groups excluding carboxylic acids is 3. The number of carbonyl (C=O) groups is 3. The molecule has 0 aliphatic carbocycles. The molecule has 0 saturated carbocycles. The second kappa shape index (κ2) is 9.15. The third-order valence-corrected chi connectivity index (χ3v) is 3.15. The van der Waals surface area contributed by atoms with Gasteiger partial charge in [-0.05, 0) is 32.8 Å². The second-order valence-electron chi connectivity index (χ2n) is 4.72. The molecule has 0 unspecified atom stereocenters. The first-order chi connectivity index (χ1) is 10.1. The van der Waals surface area contributed by atoms with Crippen molar-refractivity contribution in [2.24, 2.45) is 5.92 Å². The van der Waals surface area contributed by atoms with Crippen molar-refractivity contribution >= 4 is 17.8 Å². The molecule has 1 rings (SSSR count). The molecule has 1 saturated heterocycles. The molecule has 0 atom stereocenters. The number of hydrogen-bond acceptors (Lipinski definition) is 5. The molecule has 1 aliphatic heterocycles. The van der Waals surface area contributed by atoms with Crippen LogP contribution < -0.4 is 0 Å². The maximum atomic E-state index is 11.9. The zero-order valence-electron chi connectivity index (χ0n) is 12.7. The van der Waals surface area contributed by atoms with Gasteiger partial charge in [0.25, 0.3) is 0 Å². The van der Waals surface area contributed by atoms with Gasteiger partial charge >= 0.3 is 11.9 Å². The molecule has 6 heteroatoms. The first-order valence-electron chi connectivity index (χ1n) is 7.41. The van der Waals surface area contributed by atoms with Gasteiger partial charge in [-0.15, -0.1) is 0 Å². The van der Waals surface area contributed by atoms with E-state index in [1.54, 1.807) is 18.7 Å². The van der Waals surface area contributed by atoms with Crippen LogP contribution in [0.1, 0.15) is 39.5 Å². The highest BCUT2D eigenvalue weighted by atomic mass is 16.6. The van der Waals surface area contributed by atoms with Crippen LogP contribution in [0.25, 0.3) is 0 Å². The zero-order chi connectivity index (χ0) is 15.7. The Morgan fingerprint density at radius 2 is 1.76 bits per heavy atom.